The summed E-state index contributed by atoms with van der Waals surface area (Å²) >= 11 is 9.49. The molecule has 0 saturated carbocycles. The van der Waals surface area contributed by atoms with E-state index >= 15 is 0 Å². The van der Waals surface area contributed by atoms with E-state index in [0.29, 0.717) is 18.0 Å². The van der Waals surface area contributed by atoms with Crippen LogP contribution in [0.15, 0.2) is 24.3 Å². The van der Waals surface area contributed by atoms with Crippen molar-refractivity contribution < 1.29 is 14.7 Å². The molecule has 4 nitrogen and oxygen atoms in total. The van der Waals surface area contributed by atoms with Crippen molar-refractivity contribution in [2.75, 3.05) is 13.1 Å². The Bertz CT molecular complexity index is 496. The third-order valence-electron chi connectivity index (χ3n) is 3.03. The summed E-state index contributed by atoms with van der Waals surface area (Å²) in [5, 5.41) is 9.38. The summed E-state index contributed by atoms with van der Waals surface area (Å²) in [6, 6.07) is 7.38. The second-order valence-electron chi connectivity index (χ2n) is 4.73. The highest BCUT2D eigenvalue weighted by molar-refractivity contribution is 9.10. The van der Waals surface area contributed by atoms with E-state index in [0.717, 1.165) is 12.0 Å². The van der Waals surface area contributed by atoms with Gasteiger partial charge in [-0.1, -0.05) is 52.7 Å². The number of carbonyl (C=O) groups excluding carboxylic acids is 1. The van der Waals surface area contributed by atoms with Crippen molar-refractivity contribution in [1.82, 2.24) is 4.90 Å². The van der Waals surface area contributed by atoms with Crippen LogP contribution in [0.1, 0.15) is 25.3 Å². The highest BCUT2D eigenvalue weighted by atomic mass is 79.9. The summed E-state index contributed by atoms with van der Waals surface area (Å²) in [5.41, 5.74) is 0.893. The normalized spacial score (nSPS) is 12.0. The van der Waals surface area contributed by atoms with Crippen molar-refractivity contribution in [2.24, 2.45) is 0 Å². The molecule has 1 atom stereocenters. The number of amides is 1. The molecule has 1 amide bonds. The van der Waals surface area contributed by atoms with Gasteiger partial charge in [0.05, 0.1) is 11.2 Å². The molecule has 6 heteroatoms. The minimum atomic E-state index is -0.902. The molecule has 0 bridgehead atoms. The lowest BCUT2D eigenvalue weighted by atomic mass is 10.1. The van der Waals surface area contributed by atoms with Gasteiger partial charge in [-0.05, 0) is 24.5 Å². The van der Waals surface area contributed by atoms with Crippen molar-refractivity contribution in [3.8, 4) is 0 Å². The van der Waals surface area contributed by atoms with Crippen LogP contribution in [0.5, 0.6) is 0 Å². The van der Waals surface area contributed by atoms with Crippen molar-refractivity contribution in [3.05, 3.63) is 34.9 Å². The molecular formula is C15H19BrClNO3. The molecule has 0 spiro atoms. The van der Waals surface area contributed by atoms with E-state index in [1.165, 1.54) is 0 Å². The lowest BCUT2D eigenvalue weighted by Gasteiger charge is -2.24. The summed E-state index contributed by atoms with van der Waals surface area (Å²) in [7, 11) is 0. The zero-order valence-corrected chi connectivity index (χ0v) is 14.2. The van der Waals surface area contributed by atoms with Crippen LogP contribution in [-0.2, 0) is 16.0 Å². The number of carbonyl (C=O) groups is 2. The Labute approximate surface area is 138 Å². The molecule has 1 rings (SSSR count). The molecule has 1 aromatic carbocycles. The van der Waals surface area contributed by atoms with Crippen molar-refractivity contribution in [1.29, 1.82) is 0 Å². The number of halogens is 2. The fourth-order valence-electron chi connectivity index (χ4n) is 1.98. The van der Waals surface area contributed by atoms with Crippen LogP contribution in [-0.4, -0.2) is 39.8 Å². The molecule has 0 aliphatic heterocycles. The Morgan fingerprint density at radius 3 is 2.57 bits per heavy atom. The average Bonchev–Trinajstić information content (AvgIpc) is 2.45. The lowest BCUT2D eigenvalue weighted by Crippen LogP contribution is -2.39. The molecule has 1 aromatic rings. The Kier molecular flexibility index (Phi) is 7.75. The molecule has 1 unspecified atom stereocenters. The first-order chi connectivity index (χ1) is 9.95. The van der Waals surface area contributed by atoms with Gasteiger partial charge in [0.2, 0.25) is 5.91 Å². The smallest absolute Gasteiger partial charge is 0.305 e. The second-order valence-corrected chi connectivity index (χ2v) is 6.24. The summed E-state index contributed by atoms with van der Waals surface area (Å²) in [6.07, 6.45) is 1.22. The van der Waals surface area contributed by atoms with E-state index in [4.69, 9.17) is 16.7 Å². The molecule has 116 valence electrons. The molecule has 0 fully saturated rings. The van der Waals surface area contributed by atoms with Gasteiger partial charge in [-0.3, -0.25) is 9.59 Å². The van der Waals surface area contributed by atoms with Gasteiger partial charge in [0.25, 0.3) is 0 Å². The van der Waals surface area contributed by atoms with E-state index in [1.54, 1.807) is 11.0 Å². The molecule has 0 aliphatic rings. The van der Waals surface area contributed by atoms with E-state index in [9.17, 15) is 9.59 Å². The van der Waals surface area contributed by atoms with E-state index in [1.807, 2.05) is 25.1 Å². The number of alkyl halides is 1. The van der Waals surface area contributed by atoms with Crippen LogP contribution < -0.4 is 0 Å². The Morgan fingerprint density at radius 2 is 2.00 bits per heavy atom. The van der Waals surface area contributed by atoms with Crippen molar-refractivity contribution in [3.63, 3.8) is 0 Å². The number of benzene rings is 1. The number of carboxylic acids is 1. The van der Waals surface area contributed by atoms with E-state index in [2.05, 4.69) is 15.9 Å². The first kappa shape index (κ1) is 18.0. The molecule has 0 heterocycles. The third kappa shape index (κ3) is 6.06. The Morgan fingerprint density at radius 1 is 1.33 bits per heavy atom. The number of nitrogens with zero attached hydrogens (tertiary/aromatic N) is 1. The van der Waals surface area contributed by atoms with Gasteiger partial charge in [0.1, 0.15) is 0 Å². The van der Waals surface area contributed by atoms with E-state index in [-0.39, 0.29) is 18.9 Å². The largest absolute Gasteiger partial charge is 0.481 e. The maximum Gasteiger partial charge on any atom is 0.305 e. The number of hydrogen-bond acceptors (Lipinski definition) is 2. The molecule has 21 heavy (non-hydrogen) atoms. The number of hydrogen-bond donors (Lipinski definition) is 1. The fraction of sp³-hybridized carbons (Fsp3) is 0.467. The second kappa shape index (κ2) is 9.05. The number of rotatable bonds is 8. The van der Waals surface area contributed by atoms with Crippen LogP contribution in [0.3, 0.4) is 0 Å². The van der Waals surface area contributed by atoms with Crippen molar-refractivity contribution >= 4 is 39.4 Å². The van der Waals surface area contributed by atoms with Crippen LogP contribution in [0.2, 0.25) is 5.02 Å². The predicted molar refractivity (Wildman–Crippen MR) is 87.0 cm³/mol. The Hall–Kier alpha value is -1.07. The first-order valence-corrected chi connectivity index (χ1v) is 8.13. The third-order valence-corrected chi connectivity index (χ3v) is 4.11. The zero-order valence-electron chi connectivity index (χ0n) is 11.9. The van der Waals surface area contributed by atoms with E-state index < -0.39 is 10.8 Å². The quantitative estimate of drug-likeness (QED) is 0.708. The van der Waals surface area contributed by atoms with Crippen LogP contribution >= 0.6 is 27.5 Å². The van der Waals surface area contributed by atoms with Gasteiger partial charge in [0, 0.05) is 18.1 Å². The standard InChI is InChI=1S/C15H19BrClNO3/c1-2-8-18(9-7-14(19)20)15(21)12(16)10-11-5-3-4-6-13(11)17/h3-6,12H,2,7-10H2,1H3,(H,19,20). The highest BCUT2D eigenvalue weighted by Crippen LogP contribution is 2.20. The molecule has 0 radical (unpaired) electrons. The summed E-state index contributed by atoms with van der Waals surface area (Å²) in [4.78, 5) is 24.3. The van der Waals surface area contributed by atoms with Crippen LogP contribution in [0.4, 0.5) is 0 Å². The topological polar surface area (TPSA) is 57.6 Å². The molecule has 0 aliphatic carbocycles. The average molecular weight is 377 g/mol. The Balaban J connectivity index is 2.69. The van der Waals surface area contributed by atoms with Gasteiger partial charge < -0.3 is 10.0 Å². The number of carboxylic acid groups (broad SMARTS) is 1. The minimum Gasteiger partial charge on any atom is -0.481 e. The molecule has 0 saturated heterocycles. The van der Waals surface area contributed by atoms with Gasteiger partial charge in [-0.15, -0.1) is 0 Å². The van der Waals surface area contributed by atoms with Crippen LogP contribution in [0, 0.1) is 0 Å². The minimum absolute atomic E-state index is 0.0441. The van der Waals surface area contributed by atoms with Gasteiger partial charge in [0.15, 0.2) is 0 Å². The number of aliphatic carboxylic acids is 1. The monoisotopic (exact) mass is 375 g/mol. The fourth-order valence-corrected chi connectivity index (χ4v) is 2.83. The summed E-state index contributed by atoms with van der Waals surface area (Å²) < 4.78 is 0. The van der Waals surface area contributed by atoms with Crippen molar-refractivity contribution in [2.45, 2.75) is 31.0 Å². The highest BCUT2D eigenvalue weighted by Gasteiger charge is 2.22. The van der Waals surface area contributed by atoms with Gasteiger partial charge in [-0.2, -0.15) is 0 Å². The summed E-state index contributed by atoms with van der Waals surface area (Å²) in [6.45, 7) is 2.74. The predicted octanol–water partition coefficient (Wildman–Crippen LogP) is 3.36. The first-order valence-electron chi connectivity index (χ1n) is 6.83. The zero-order chi connectivity index (χ0) is 15.8. The van der Waals surface area contributed by atoms with Gasteiger partial charge >= 0.3 is 5.97 Å². The van der Waals surface area contributed by atoms with Crippen LogP contribution in [0.25, 0.3) is 0 Å². The lowest BCUT2D eigenvalue weighted by molar-refractivity contribution is -0.138. The molecular weight excluding hydrogens is 358 g/mol. The van der Waals surface area contributed by atoms with Gasteiger partial charge in [-0.25, -0.2) is 0 Å². The molecule has 1 N–H and O–H groups in total. The SMILES string of the molecule is CCCN(CCC(=O)O)C(=O)C(Br)Cc1ccccc1Cl. The molecule has 0 aromatic heterocycles. The maximum atomic E-state index is 12.4. The summed E-state index contributed by atoms with van der Waals surface area (Å²) in [5.74, 6) is -1.00. The maximum absolute atomic E-state index is 12.4.